The highest BCUT2D eigenvalue weighted by molar-refractivity contribution is 6.01. The summed E-state index contributed by atoms with van der Waals surface area (Å²) in [7, 11) is 1.67. The Morgan fingerprint density at radius 3 is 2.00 bits per heavy atom. The summed E-state index contributed by atoms with van der Waals surface area (Å²) in [5, 5.41) is 11.6. The highest BCUT2D eigenvalue weighted by atomic mass is 19.1. The molecular formula is C21H18F2N4O. The van der Waals surface area contributed by atoms with Gasteiger partial charge in [-0.25, -0.2) is 13.5 Å². The van der Waals surface area contributed by atoms with E-state index < -0.39 is 0 Å². The molecule has 3 aromatic rings. The van der Waals surface area contributed by atoms with E-state index in [0.717, 1.165) is 0 Å². The topological polar surface area (TPSA) is 60.7 Å². The van der Waals surface area contributed by atoms with Gasteiger partial charge in [0.2, 0.25) is 0 Å². The van der Waals surface area contributed by atoms with Gasteiger partial charge in [-0.05, 0) is 88.5 Å². The molecular weight excluding hydrogens is 362 g/mol. The maximum Gasteiger partial charge on any atom is 0.182 e. The van der Waals surface area contributed by atoms with Crippen LogP contribution in [0.15, 0.2) is 48.6 Å². The molecule has 1 aromatic heterocycles. The standard InChI is InChI=1S/C21H18F2N4O/c1-13-11-15(6-8-18(13)22)20(16-7-9-19(23)14(2)12-16)17(5-4-10-28)21-24-25-26-27(21)3/h4-12H,1-3H3. The highest BCUT2D eigenvalue weighted by Gasteiger charge is 2.18. The molecule has 142 valence electrons. The zero-order valence-electron chi connectivity index (χ0n) is 15.6. The second kappa shape index (κ2) is 8.04. The average molecular weight is 380 g/mol. The Morgan fingerprint density at radius 2 is 1.57 bits per heavy atom. The van der Waals surface area contributed by atoms with Crippen molar-refractivity contribution in [2.24, 2.45) is 7.05 Å². The molecule has 0 aliphatic carbocycles. The molecule has 0 N–H and O–H groups in total. The van der Waals surface area contributed by atoms with Gasteiger partial charge in [-0.2, -0.15) is 0 Å². The monoisotopic (exact) mass is 380 g/mol. The first kappa shape index (κ1) is 19.3. The molecule has 1 heterocycles. The van der Waals surface area contributed by atoms with Crippen LogP contribution in [-0.2, 0) is 11.8 Å². The number of hydrogen-bond donors (Lipinski definition) is 0. The quantitative estimate of drug-likeness (QED) is 0.384. The molecule has 0 saturated carbocycles. The Labute approximate surface area is 161 Å². The van der Waals surface area contributed by atoms with Crippen molar-refractivity contribution in [2.75, 3.05) is 0 Å². The lowest BCUT2D eigenvalue weighted by Gasteiger charge is -2.15. The molecule has 5 nitrogen and oxygen atoms in total. The number of aromatic nitrogens is 4. The number of aryl methyl sites for hydroxylation is 3. The third-order valence-electron chi connectivity index (χ3n) is 4.37. The number of halogens is 2. The molecule has 7 heteroatoms. The molecule has 0 saturated heterocycles. The van der Waals surface area contributed by atoms with Crippen LogP contribution in [0.2, 0.25) is 0 Å². The summed E-state index contributed by atoms with van der Waals surface area (Å²) in [4.78, 5) is 11.0. The molecule has 0 bridgehead atoms. The van der Waals surface area contributed by atoms with Gasteiger partial charge in [0.15, 0.2) is 5.82 Å². The number of aldehydes is 1. The van der Waals surface area contributed by atoms with Crippen molar-refractivity contribution in [2.45, 2.75) is 13.8 Å². The van der Waals surface area contributed by atoms with Gasteiger partial charge in [0.05, 0.1) is 0 Å². The van der Waals surface area contributed by atoms with Crippen LogP contribution < -0.4 is 0 Å². The fourth-order valence-corrected chi connectivity index (χ4v) is 2.94. The number of benzene rings is 2. The molecule has 0 unspecified atom stereocenters. The van der Waals surface area contributed by atoms with Crippen molar-refractivity contribution in [3.8, 4) is 0 Å². The first-order valence-electron chi connectivity index (χ1n) is 8.54. The van der Waals surface area contributed by atoms with Crippen molar-refractivity contribution >= 4 is 17.4 Å². The van der Waals surface area contributed by atoms with Gasteiger partial charge in [-0.15, -0.1) is 5.10 Å². The number of hydrogen-bond acceptors (Lipinski definition) is 4. The van der Waals surface area contributed by atoms with Crippen LogP contribution in [0, 0.1) is 25.5 Å². The second-order valence-corrected chi connectivity index (χ2v) is 6.34. The van der Waals surface area contributed by atoms with Gasteiger partial charge >= 0.3 is 0 Å². The maximum atomic E-state index is 13.9. The molecule has 3 rings (SSSR count). The van der Waals surface area contributed by atoms with E-state index in [1.165, 1.54) is 22.9 Å². The van der Waals surface area contributed by atoms with Crippen molar-refractivity contribution in [3.05, 3.63) is 88.3 Å². The summed E-state index contributed by atoms with van der Waals surface area (Å²) < 4.78 is 29.2. The number of allylic oxidation sites excluding steroid dienone is 3. The van der Waals surface area contributed by atoms with Crippen molar-refractivity contribution in [1.82, 2.24) is 20.2 Å². The van der Waals surface area contributed by atoms with Crippen molar-refractivity contribution in [1.29, 1.82) is 0 Å². The van der Waals surface area contributed by atoms with E-state index in [-0.39, 0.29) is 11.6 Å². The minimum Gasteiger partial charge on any atom is -0.299 e. The molecule has 0 spiro atoms. The minimum atomic E-state index is -0.330. The summed E-state index contributed by atoms with van der Waals surface area (Å²) in [6, 6.07) is 9.40. The number of nitrogens with zero attached hydrogens (tertiary/aromatic N) is 4. The van der Waals surface area contributed by atoms with E-state index in [0.29, 0.717) is 45.5 Å². The van der Waals surface area contributed by atoms with Gasteiger partial charge in [0.25, 0.3) is 0 Å². The van der Waals surface area contributed by atoms with E-state index in [1.54, 1.807) is 51.2 Å². The van der Waals surface area contributed by atoms with Gasteiger partial charge in [-0.3, -0.25) is 4.79 Å². The van der Waals surface area contributed by atoms with E-state index >= 15 is 0 Å². The highest BCUT2D eigenvalue weighted by Crippen LogP contribution is 2.33. The fourth-order valence-electron chi connectivity index (χ4n) is 2.94. The Hall–Kier alpha value is -3.48. The minimum absolute atomic E-state index is 0.330. The van der Waals surface area contributed by atoms with Crippen LogP contribution in [0.25, 0.3) is 11.1 Å². The normalized spacial score (nSPS) is 11.0. The van der Waals surface area contributed by atoms with E-state index in [9.17, 15) is 13.6 Å². The van der Waals surface area contributed by atoms with Crippen molar-refractivity contribution < 1.29 is 13.6 Å². The molecule has 0 aliphatic heterocycles. The maximum absolute atomic E-state index is 13.9. The first-order valence-corrected chi connectivity index (χ1v) is 8.54. The molecule has 0 atom stereocenters. The first-order chi connectivity index (χ1) is 13.4. The van der Waals surface area contributed by atoms with E-state index in [4.69, 9.17) is 0 Å². The predicted molar refractivity (Wildman–Crippen MR) is 102 cm³/mol. The summed E-state index contributed by atoms with van der Waals surface area (Å²) in [5.41, 5.74) is 3.52. The van der Waals surface area contributed by atoms with Gasteiger partial charge < -0.3 is 0 Å². The second-order valence-electron chi connectivity index (χ2n) is 6.34. The van der Waals surface area contributed by atoms with Crippen LogP contribution >= 0.6 is 0 Å². The third-order valence-corrected chi connectivity index (χ3v) is 4.37. The van der Waals surface area contributed by atoms with E-state index in [2.05, 4.69) is 15.5 Å². The molecule has 0 fully saturated rings. The lowest BCUT2D eigenvalue weighted by Crippen LogP contribution is -2.02. The predicted octanol–water partition coefficient (Wildman–Crippen LogP) is 3.82. The lowest BCUT2D eigenvalue weighted by atomic mass is 9.90. The zero-order valence-corrected chi connectivity index (χ0v) is 15.6. The molecule has 28 heavy (non-hydrogen) atoms. The Kier molecular flexibility index (Phi) is 5.54. The van der Waals surface area contributed by atoms with Gasteiger partial charge in [0.1, 0.15) is 17.9 Å². The van der Waals surface area contributed by atoms with Gasteiger partial charge in [0, 0.05) is 12.6 Å². The van der Waals surface area contributed by atoms with Crippen LogP contribution in [0.3, 0.4) is 0 Å². The van der Waals surface area contributed by atoms with Crippen LogP contribution in [0.1, 0.15) is 28.1 Å². The van der Waals surface area contributed by atoms with Crippen LogP contribution in [0.5, 0.6) is 0 Å². The Morgan fingerprint density at radius 1 is 1.00 bits per heavy atom. The Balaban J connectivity index is 2.40. The molecule has 0 radical (unpaired) electrons. The fraction of sp³-hybridized carbons (Fsp3) is 0.143. The summed E-state index contributed by atoms with van der Waals surface area (Å²) >= 11 is 0. The number of carbonyl (C=O) groups excluding carboxylic acids is 1. The zero-order chi connectivity index (χ0) is 20.3. The number of rotatable bonds is 5. The van der Waals surface area contributed by atoms with E-state index in [1.807, 2.05) is 0 Å². The summed E-state index contributed by atoms with van der Waals surface area (Å²) in [6.07, 6.45) is 3.56. The average Bonchev–Trinajstić information content (AvgIpc) is 3.09. The summed E-state index contributed by atoms with van der Waals surface area (Å²) in [6.45, 7) is 3.33. The largest absolute Gasteiger partial charge is 0.299 e. The van der Waals surface area contributed by atoms with Crippen LogP contribution in [0.4, 0.5) is 8.78 Å². The lowest BCUT2D eigenvalue weighted by molar-refractivity contribution is -0.104. The smallest absolute Gasteiger partial charge is 0.182 e. The third kappa shape index (κ3) is 3.78. The molecule has 0 aliphatic rings. The molecule has 0 amide bonds. The number of carbonyl (C=O) groups is 1. The molecule has 2 aromatic carbocycles. The SMILES string of the molecule is Cc1cc(C(=C(C=CC=O)c2nnnn2C)c2ccc(F)c(C)c2)ccc1F. The van der Waals surface area contributed by atoms with Crippen LogP contribution in [-0.4, -0.2) is 26.5 Å². The van der Waals surface area contributed by atoms with Crippen molar-refractivity contribution in [3.63, 3.8) is 0 Å². The Bertz CT molecular complexity index is 1050. The number of tetrazole rings is 1. The summed E-state index contributed by atoms with van der Waals surface area (Å²) in [5.74, 6) is -0.246. The van der Waals surface area contributed by atoms with Gasteiger partial charge in [-0.1, -0.05) is 12.1 Å².